The molecule has 2 heterocycles. The van der Waals surface area contributed by atoms with E-state index in [0.29, 0.717) is 12.8 Å². The van der Waals surface area contributed by atoms with Crippen LogP contribution in [0.15, 0.2) is 54.9 Å². The van der Waals surface area contributed by atoms with Gasteiger partial charge in [-0.15, -0.1) is 0 Å². The summed E-state index contributed by atoms with van der Waals surface area (Å²) in [6.45, 7) is 4.11. The van der Waals surface area contributed by atoms with Crippen molar-refractivity contribution in [1.82, 2.24) is 9.55 Å². The van der Waals surface area contributed by atoms with E-state index >= 15 is 0 Å². The maximum absolute atomic E-state index is 13.6. The van der Waals surface area contributed by atoms with Gasteiger partial charge in [-0.05, 0) is 62.9 Å². The molecule has 3 aromatic rings. The van der Waals surface area contributed by atoms with Crippen LogP contribution in [0, 0.1) is 5.82 Å². The summed E-state index contributed by atoms with van der Waals surface area (Å²) < 4.78 is 15.7. The van der Waals surface area contributed by atoms with Crippen LogP contribution < -0.4 is 34.7 Å². The second-order valence-electron chi connectivity index (χ2n) is 8.25. The zero-order valence-electron chi connectivity index (χ0n) is 19.2. The van der Waals surface area contributed by atoms with Gasteiger partial charge >= 0.3 is 29.6 Å². The molecule has 2 aromatic heterocycles. The van der Waals surface area contributed by atoms with Crippen molar-refractivity contribution in [3.8, 4) is 22.4 Å². The van der Waals surface area contributed by atoms with Crippen molar-refractivity contribution < 1.29 is 54.1 Å². The molecule has 2 N–H and O–H groups in total. The first-order valence-electron chi connectivity index (χ1n) is 10.7. The molecule has 3 rings (SSSR count). The van der Waals surface area contributed by atoms with Gasteiger partial charge in [-0.1, -0.05) is 18.2 Å². The SMILES string of the molecule is CC(C)n1cc(-c2ccccn2)c(-c2ccc(F)cc2)c1CCC(O)CC(O)CC(=O)[O-].[Na+]. The minimum Gasteiger partial charge on any atom is -0.550 e. The molecular formula is C25H28FN2NaO4. The molecule has 2 atom stereocenters. The summed E-state index contributed by atoms with van der Waals surface area (Å²) in [5.74, 6) is -1.67. The Morgan fingerprint density at radius 3 is 2.39 bits per heavy atom. The number of pyridine rings is 1. The van der Waals surface area contributed by atoms with E-state index < -0.39 is 24.6 Å². The molecule has 33 heavy (non-hydrogen) atoms. The maximum atomic E-state index is 13.6. The Bertz CT molecular complexity index is 1040. The van der Waals surface area contributed by atoms with Crippen LogP contribution in [0.3, 0.4) is 0 Å². The molecule has 0 radical (unpaired) electrons. The van der Waals surface area contributed by atoms with Crippen molar-refractivity contribution >= 4 is 5.97 Å². The monoisotopic (exact) mass is 462 g/mol. The Morgan fingerprint density at radius 1 is 1.12 bits per heavy atom. The van der Waals surface area contributed by atoms with Gasteiger partial charge in [0.2, 0.25) is 0 Å². The summed E-state index contributed by atoms with van der Waals surface area (Å²) in [7, 11) is 0. The molecule has 2 unspecified atom stereocenters. The Labute approximate surface area is 215 Å². The number of hydrogen-bond donors (Lipinski definition) is 2. The Balaban J connectivity index is 0.00000385. The minimum atomic E-state index is -1.35. The predicted molar refractivity (Wildman–Crippen MR) is 118 cm³/mol. The molecule has 0 amide bonds. The zero-order valence-corrected chi connectivity index (χ0v) is 21.2. The minimum absolute atomic E-state index is 0. The van der Waals surface area contributed by atoms with E-state index in [4.69, 9.17) is 0 Å². The third-order valence-corrected chi connectivity index (χ3v) is 5.43. The van der Waals surface area contributed by atoms with E-state index in [2.05, 4.69) is 23.4 Å². The smallest absolute Gasteiger partial charge is 0.550 e. The number of benzene rings is 1. The van der Waals surface area contributed by atoms with Crippen LogP contribution in [-0.4, -0.2) is 37.9 Å². The molecule has 0 fully saturated rings. The number of carbonyl (C=O) groups is 1. The van der Waals surface area contributed by atoms with Crippen molar-refractivity contribution in [2.75, 3.05) is 0 Å². The van der Waals surface area contributed by atoms with Crippen molar-refractivity contribution in [1.29, 1.82) is 0 Å². The van der Waals surface area contributed by atoms with Crippen LogP contribution in [0.2, 0.25) is 0 Å². The van der Waals surface area contributed by atoms with Gasteiger partial charge in [0.15, 0.2) is 0 Å². The summed E-state index contributed by atoms with van der Waals surface area (Å²) >= 11 is 0. The van der Waals surface area contributed by atoms with Crippen molar-refractivity contribution in [2.45, 2.75) is 57.8 Å². The van der Waals surface area contributed by atoms with Crippen LogP contribution in [0.1, 0.15) is 44.8 Å². The number of nitrogens with zero attached hydrogens (tertiary/aromatic N) is 2. The van der Waals surface area contributed by atoms with Gasteiger partial charge in [0.1, 0.15) is 5.82 Å². The molecule has 8 heteroatoms. The summed E-state index contributed by atoms with van der Waals surface area (Å²) in [6.07, 6.45) is 1.97. The molecule has 0 aliphatic rings. The number of halogens is 1. The Hall–Kier alpha value is -2.03. The average Bonchev–Trinajstić information content (AvgIpc) is 3.12. The molecule has 170 valence electrons. The van der Waals surface area contributed by atoms with Gasteiger partial charge in [0, 0.05) is 47.6 Å². The van der Waals surface area contributed by atoms with Gasteiger partial charge in [-0.2, -0.15) is 0 Å². The van der Waals surface area contributed by atoms with Gasteiger partial charge in [-0.3, -0.25) is 4.98 Å². The van der Waals surface area contributed by atoms with Crippen molar-refractivity contribution in [3.05, 3.63) is 66.4 Å². The number of carboxylic acids is 1. The fourth-order valence-corrected chi connectivity index (χ4v) is 3.95. The maximum Gasteiger partial charge on any atom is 1.00 e. The number of aliphatic hydroxyl groups is 2. The zero-order chi connectivity index (χ0) is 23.3. The first-order chi connectivity index (χ1) is 15.3. The third kappa shape index (κ3) is 7.22. The van der Waals surface area contributed by atoms with Crippen molar-refractivity contribution in [2.24, 2.45) is 0 Å². The van der Waals surface area contributed by atoms with Crippen LogP contribution in [0.4, 0.5) is 4.39 Å². The molecule has 0 aliphatic carbocycles. The van der Waals surface area contributed by atoms with Gasteiger partial charge in [0.05, 0.1) is 17.9 Å². The van der Waals surface area contributed by atoms with Gasteiger partial charge in [-0.25, -0.2) is 4.39 Å². The van der Waals surface area contributed by atoms with Crippen LogP contribution in [0.5, 0.6) is 0 Å². The molecule has 0 spiro atoms. The molecule has 0 saturated heterocycles. The molecule has 6 nitrogen and oxygen atoms in total. The molecule has 0 saturated carbocycles. The summed E-state index contributed by atoms with van der Waals surface area (Å²) in [6, 6.07) is 12.1. The largest absolute Gasteiger partial charge is 1.00 e. The first kappa shape index (κ1) is 27.2. The summed E-state index contributed by atoms with van der Waals surface area (Å²) in [4.78, 5) is 15.2. The van der Waals surface area contributed by atoms with E-state index in [-0.39, 0.29) is 47.8 Å². The average molecular weight is 462 g/mol. The van der Waals surface area contributed by atoms with Gasteiger partial charge < -0.3 is 24.7 Å². The standard InChI is InChI=1S/C25H29FN2O4.Na/c1-16(2)28-15-21(22-5-3-4-12-27-22)25(17-6-8-18(26)9-7-17)23(28)11-10-19(29)13-20(30)14-24(31)32;/h3-9,12,15-16,19-20,29-30H,10-11,13-14H2,1-2H3,(H,31,32);/q;+1/p-1. The van der Waals surface area contributed by atoms with E-state index in [1.165, 1.54) is 12.1 Å². The number of carbonyl (C=O) groups excluding carboxylic acids is 1. The number of hydrogen-bond acceptors (Lipinski definition) is 5. The Morgan fingerprint density at radius 2 is 1.82 bits per heavy atom. The molecule has 1 aromatic carbocycles. The van der Waals surface area contributed by atoms with E-state index in [1.54, 1.807) is 18.3 Å². The molecule has 0 aliphatic heterocycles. The second kappa shape index (κ2) is 12.4. The third-order valence-electron chi connectivity index (χ3n) is 5.43. The van der Waals surface area contributed by atoms with Crippen LogP contribution in [0.25, 0.3) is 22.4 Å². The number of carboxylic acid groups (broad SMARTS) is 1. The Kier molecular flexibility index (Phi) is 10.3. The number of aliphatic hydroxyl groups excluding tert-OH is 2. The predicted octanol–water partition coefficient (Wildman–Crippen LogP) is 0.126. The van der Waals surface area contributed by atoms with Crippen LogP contribution >= 0.6 is 0 Å². The number of aliphatic carboxylic acids is 1. The first-order valence-corrected chi connectivity index (χ1v) is 10.7. The van der Waals surface area contributed by atoms with Crippen LogP contribution in [-0.2, 0) is 11.2 Å². The van der Waals surface area contributed by atoms with Gasteiger partial charge in [0.25, 0.3) is 0 Å². The number of rotatable bonds is 10. The van der Waals surface area contributed by atoms with E-state index in [9.17, 15) is 24.5 Å². The second-order valence-corrected chi connectivity index (χ2v) is 8.25. The molecule has 0 bridgehead atoms. The van der Waals surface area contributed by atoms with E-state index in [1.807, 2.05) is 24.4 Å². The fourth-order valence-electron chi connectivity index (χ4n) is 3.95. The van der Waals surface area contributed by atoms with Crippen molar-refractivity contribution in [3.63, 3.8) is 0 Å². The van der Waals surface area contributed by atoms with E-state index in [0.717, 1.165) is 28.1 Å². The molecular weight excluding hydrogens is 434 g/mol. The fraction of sp³-hybridized carbons (Fsp3) is 0.360. The summed E-state index contributed by atoms with van der Waals surface area (Å²) in [5.41, 5.74) is 4.42. The quantitative estimate of drug-likeness (QED) is 0.418. The number of aromatic nitrogens is 2. The topological polar surface area (TPSA) is 98.4 Å². The summed E-state index contributed by atoms with van der Waals surface area (Å²) in [5, 5.41) is 30.9. The normalized spacial score (nSPS) is 12.9.